The number of methoxy groups -OCH3 is 1. The fourth-order valence-corrected chi connectivity index (χ4v) is 3.22. The number of hydrogen-bond donors (Lipinski definition) is 4. The predicted molar refractivity (Wildman–Crippen MR) is 118 cm³/mol. The van der Waals surface area contributed by atoms with Crippen molar-refractivity contribution in [3.63, 3.8) is 0 Å². The number of halogens is 1. The van der Waals surface area contributed by atoms with E-state index in [4.69, 9.17) is 10.1 Å². The SMILES string of the molecule is COc1ccccc1C(=O)N[C@@H](CCCNC(=N)CF)c1ncc(-c2ccccc2)[nH]1. The molecule has 1 aromatic heterocycles. The van der Waals surface area contributed by atoms with Gasteiger partial charge in [0.15, 0.2) is 0 Å². The molecule has 2 aromatic carbocycles. The van der Waals surface area contributed by atoms with Crippen LogP contribution < -0.4 is 15.4 Å². The molecule has 0 bridgehead atoms. The summed E-state index contributed by atoms with van der Waals surface area (Å²) in [4.78, 5) is 20.7. The number of alkyl halides is 1. The summed E-state index contributed by atoms with van der Waals surface area (Å²) in [6.07, 6.45) is 2.90. The highest BCUT2D eigenvalue weighted by Crippen LogP contribution is 2.23. The second-order valence-corrected chi connectivity index (χ2v) is 6.96. The number of aromatic amines is 1. The molecule has 0 aliphatic rings. The molecule has 0 aliphatic carbocycles. The van der Waals surface area contributed by atoms with Gasteiger partial charge in [-0.3, -0.25) is 10.2 Å². The summed E-state index contributed by atoms with van der Waals surface area (Å²) in [6, 6.07) is 16.4. The van der Waals surface area contributed by atoms with Gasteiger partial charge in [-0.15, -0.1) is 0 Å². The van der Waals surface area contributed by atoms with Gasteiger partial charge in [-0.2, -0.15) is 0 Å². The van der Waals surface area contributed by atoms with Crippen molar-refractivity contribution in [3.05, 3.63) is 72.2 Å². The minimum Gasteiger partial charge on any atom is -0.496 e. The van der Waals surface area contributed by atoms with E-state index in [-0.39, 0.29) is 11.7 Å². The first-order valence-electron chi connectivity index (χ1n) is 10.0. The number of imidazole rings is 1. The molecule has 4 N–H and O–H groups in total. The Morgan fingerprint density at radius 3 is 2.68 bits per heavy atom. The van der Waals surface area contributed by atoms with Crippen molar-refractivity contribution in [3.8, 4) is 17.0 Å². The fraction of sp³-hybridized carbons (Fsp3) is 0.261. The number of nitrogens with zero attached hydrogens (tertiary/aromatic N) is 1. The smallest absolute Gasteiger partial charge is 0.255 e. The molecule has 1 heterocycles. The first kappa shape index (κ1) is 22.0. The van der Waals surface area contributed by atoms with Gasteiger partial charge in [0, 0.05) is 6.54 Å². The Morgan fingerprint density at radius 2 is 1.94 bits per heavy atom. The van der Waals surface area contributed by atoms with E-state index in [1.807, 2.05) is 30.3 Å². The Balaban J connectivity index is 1.77. The molecule has 0 aliphatic heterocycles. The summed E-state index contributed by atoms with van der Waals surface area (Å²) in [6.45, 7) is -0.400. The van der Waals surface area contributed by atoms with E-state index in [9.17, 15) is 9.18 Å². The third-order valence-corrected chi connectivity index (χ3v) is 4.81. The van der Waals surface area contributed by atoms with Crippen LogP contribution in [-0.4, -0.2) is 42.0 Å². The maximum Gasteiger partial charge on any atom is 0.255 e. The Hall–Kier alpha value is -3.68. The number of amidine groups is 1. The number of ether oxygens (including phenoxy) is 1. The van der Waals surface area contributed by atoms with E-state index in [1.165, 1.54) is 7.11 Å². The molecule has 0 saturated carbocycles. The van der Waals surface area contributed by atoms with Gasteiger partial charge in [0.05, 0.1) is 30.6 Å². The summed E-state index contributed by atoms with van der Waals surface area (Å²) < 4.78 is 17.8. The van der Waals surface area contributed by atoms with Crippen molar-refractivity contribution >= 4 is 11.7 Å². The molecular formula is C23H26FN5O2. The zero-order valence-corrected chi connectivity index (χ0v) is 17.3. The number of amides is 1. The molecule has 7 nitrogen and oxygen atoms in total. The molecule has 8 heteroatoms. The number of H-pyrrole nitrogens is 1. The molecule has 0 saturated heterocycles. The van der Waals surface area contributed by atoms with Crippen LogP contribution in [0.5, 0.6) is 5.75 Å². The van der Waals surface area contributed by atoms with Gasteiger partial charge in [0.1, 0.15) is 24.1 Å². The number of aromatic nitrogens is 2. The van der Waals surface area contributed by atoms with Gasteiger partial charge >= 0.3 is 0 Å². The van der Waals surface area contributed by atoms with Gasteiger partial charge in [0.25, 0.3) is 5.91 Å². The summed E-state index contributed by atoms with van der Waals surface area (Å²) in [5.41, 5.74) is 2.28. The highest BCUT2D eigenvalue weighted by Gasteiger charge is 2.21. The Labute approximate surface area is 180 Å². The topological polar surface area (TPSA) is 103 Å². The second-order valence-electron chi connectivity index (χ2n) is 6.96. The van der Waals surface area contributed by atoms with Gasteiger partial charge < -0.3 is 20.4 Å². The van der Waals surface area contributed by atoms with Crippen LogP contribution in [0, 0.1) is 5.41 Å². The van der Waals surface area contributed by atoms with Crippen molar-refractivity contribution in [2.45, 2.75) is 18.9 Å². The Morgan fingerprint density at radius 1 is 1.19 bits per heavy atom. The molecule has 0 fully saturated rings. The first-order valence-corrected chi connectivity index (χ1v) is 10.0. The molecular weight excluding hydrogens is 397 g/mol. The van der Waals surface area contributed by atoms with Crippen LogP contribution in [0.25, 0.3) is 11.3 Å². The quantitative estimate of drug-likeness (QED) is 0.226. The zero-order valence-electron chi connectivity index (χ0n) is 17.3. The average Bonchev–Trinajstić information content (AvgIpc) is 3.31. The maximum absolute atomic E-state index is 12.9. The Kier molecular flexibility index (Phi) is 7.75. The van der Waals surface area contributed by atoms with Gasteiger partial charge in [-0.05, 0) is 30.5 Å². The second kappa shape index (κ2) is 10.9. The molecule has 1 atom stereocenters. The lowest BCUT2D eigenvalue weighted by molar-refractivity contribution is 0.0929. The fourth-order valence-electron chi connectivity index (χ4n) is 3.22. The minimum absolute atomic E-state index is 0.154. The van der Waals surface area contributed by atoms with Gasteiger partial charge in [-0.25, -0.2) is 9.37 Å². The predicted octanol–water partition coefficient (Wildman–Crippen LogP) is 3.87. The average molecular weight is 423 g/mol. The molecule has 3 aromatic rings. The number of para-hydroxylation sites is 1. The lowest BCUT2D eigenvalue weighted by atomic mass is 10.1. The lowest BCUT2D eigenvalue weighted by Gasteiger charge is -2.18. The minimum atomic E-state index is -0.827. The summed E-state index contributed by atoms with van der Waals surface area (Å²) in [5.74, 6) is 0.687. The molecule has 162 valence electrons. The van der Waals surface area contributed by atoms with Crippen molar-refractivity contribution in [1.29, 1.82) is 5.41 Å². The molecule has 0 spiro atoms. The first-order chi connectivity index (χ1) is 15.1. The van der Waals surface area contributed by atoms with E-state index in [1.54, 1.807) is 30.5 Å². The van der Waals surface area contributed by atoms with Crippen molar-refractivity contribution in [1.82, 2.24) is 20.6 Å². The van der Waals surface area contributed by atoms with Crippen LogP contribution in [0.2, 0.25) is 0 Å². The highest BCUT2D eigenvalue weighted by molar-refractivity contribution is 5.97. The zero-order chi connectivity index (χ0) is 22.1. The molecule has 3 rings (SSSR count). The number of carbonyl (C=O) groups is 1. The van der Waals surface area contributed by atoms with Gasteiger partial charge in [-0.1, -0.05) is 42.5 Å². The largest absolute Gasteiger partial charge is 0.496 e. The van der Waals surface area contributed by atoms with Crippen LogP contribution in [-0.2, 0) is 0 Å². The van der Waals surface area contributed by atoms with E-state index in [0.717, 1.165) is 11.3 Å². The van der Waals surface area contributed by atoms with E-state index in [2.05, 4.69) is 20.6 Å². The number of benzene rings is 2. The van der Waals surface area contributed by atoms with Crippen LogP contribution in [0.3, 0.4) is 0 Å². The van der Waals surface area contributed by atoms with Crippen LogP contribution in [0.1, 0.15) is 35.1 Å². The van der Waals surface area contributed by atoms with E-state index < -0.39 is 12.7 Å². The number of nitrogens with one attached hydrogen (secondary N) is 4. The summed E-state index contributed by atoms with van der Waals surface area (Å²) in [5, 5.41) is 13.1. The van der Waals surface area contributed by atoms with Crippen molar-refractivity contribution in [2.75, 3.05) is 20.3 Å². The van der Waals surface area contributed by atoms with Crippen LogP contribution in [0.4, 0.5) is 4.39 Å². The maximum atomic E-state index is 12.9. The molecule has 1 amide bonds. The summed E-state index contributed by atoms with van der Waals surface area (Å²) in [7, 11) is 1.52. The Bertz CT molecular complexity index is 1010. The summed E-state index contributed by atoms with van der Waals surface area (Å²) >= 11 is 0. The van der Waals surface area contributed by atoms with E-state index >= 15 is 0 Å². The van der Waals surface area contributed by atoms with Crippen LogP contribution in [0.15, 0.2) is 60.8 Å². The molecule has 0 unspecified atom stereocenters. The van der Waals surface area contributed by atoms with E-state index in [0.29, 0.717) is 36.5 Å². The molecule has 0 radical (unpaired) electrons. The van der Waals surface area contributed by atoms with Crippen molar-refractivity contribution in [2.24, 2.45) is 0 Å². The molecule has 31 heavy (non-hydrogen) atoms. The third-order valence-electron chi connectivity index (χ3n) is 4.81. The number of hydrogen-bond acceptors (Lipinski definition) is 4. The normalized spacial score (nSPS) is 11.5. The lowest BCUT2D eigenvalue weighted by Crippen LogP contribution is -2.31. The highest BCUT2D eigenvalue weighted by atomic mass is 19.1. The van der Waals surface area contributed by atoms with Crippen LogP contribution >= 0.6 is 0 Å². The number of rotatable bonds is 10. The van der Waals surface area contributed by atoms with Crippen molar-refractivity contribution < 1.29 is 13.9 Å². The number of carbonyl (C=O) groups excluding carboxylic acids is 1. The third kappa shape index (κ3) is 5.91. The monoisotopic (exact) mass is 423 g/mol. The van der Waals surface area contributed by atoms with Gasteiger partial charge in [0.2, 0.25) is 0 Å². The standard InChI is InChI=1S/C23H26FN5O2/c1-31-20-12-6-5-10-17(20)23(30)29-18(11-7-13-26-21(25)14-24)22-27-15-19(28-22)16-8-3-2-4-9-16/h2-6,8-10,12,15,18H,7,11,13-14H2,1H3,(H2,25,26)(H,27,28)(H,29,30)/t18-/m0/s1.